The van der Waals surface area contributed by atoms with E-state index in [0.717, 1.165) is 11.8 Å². The summed E-state index contributed by atoms with van der Waals surface area (Å²) >= 11 is 3.20. The Balaban J connectivity index is 3.55. The summed E-state index contributed by atoms with van der Waals surface area (Å²) in [6.07, 6.45) is 4.03. The smallest absolute Gasteiger partial charge is 0.324 e. The van der Waals surface area contributed by atoms with Crippen molar-refractivity contribution in [2.24, 2.45) is 5.73 Å². The standard InChI is InChI=1S/C6H10BrNO2/c7-4-2-1-3-5(8)6(9)10/h1,3,5H,2,4,8H2,(H,9,10). The molecule has 0 aliphatic carbocycles. The van der Waals surface area contributed by atoms with E-state index in [0.29, 0.717) is 0 Å². The van der Waals surface area contributed by atoms with E-state index >= 15 is 0 Å². The fourth-order valence-electron chi connectivity index (χ4n) is 0.388. The average molecular weight is 208 g/mol. The van der Waals surface area contributed by atoms with Gasteiger partial charge in [-0.1, -0.05) is 28.1 Å². The average Bonchev–Trinajstić information content (AvgIpc) is 1.88. The van der Waals surface area contributed by atoms with Crippen LogP contribution >= 0.6 is 15.9 Å². The Bertz CT molecular complexity index is 136. The molecule has 3 nitrogen and oxygen atoms in total. The van der Waals surface area contributed by atoms with Crippen LogP contribution in [0.2, 0.25) is 0 Å². The van der Waals surface area contributed by atoms with Crippen molar-refractivity contribution in [1.29, 1.82) is 0 Å². The molecule has 58 valence electrons. The van der Waals surface area contributed by atoms with Crippen molar-refractivity contribution in [1.82, 2.24) is 0 Å². The number of hydrogen-bond donors (Lipinski definition) is 2. The lowest BCUT2D eigenvalue weighted by molar-refractivity contribution is -0.137. The van der Waals surface area contributed by atoms with Gasteiger partial charge in [0.2, 0.25) is 0 Å². The SMILES string of the molecule is NC(C=CCCBr)C(=O)O. The van der Waals surface area contributed by atoms with Gasteiger partial charge in [-0.05, 0) is 6.42 Å². The highest BCUT2D eigenvalue weighted by molar-refractivity contribution is 9.09. The van der Waals surface area contributed by atoms with Crippen molar-refractivity contribution >= 4 is 21.9 Å². The predicted octanol–water partition coefficient (Wildman–Crippen LogP) is 0.740. The van der Waals surface area contributed by atoms with E-state index in [9.17, 15) is 4.79 Å². The fraction of sp³-hybridized carbons (Fsp3) is 0.500. The molecule has 0 aromatic carbocycles. The summed E-state index contributed by atoms with van der Waals surface area (Å²) in [5.41, 5.74) is 5.16. The van der Waals surface area contributed by atoms with Crippen LogP contribution in [-0.2, 0) is 4.79 Å². The number of carboxylic acids is 1. The van der Waals surface area contributed by atoms with Crippen LogP contribution in [0.25, 0.3) is 0 Å². The lowest BCUT2D eigenvalue weighted by Crippen LogP contribution is -2.27. The van der Waals surface area contributed by atoms with Gasteiger partial charge in [0.15, 0.2) is 0 Å². The van der Waals surface area contributed by atoms with Gasteiger partial charge in [0, 0.05) is 5.33 Å². The summed E-state index contributed by atoms with van der Waals surface area (Å²) in [4.78, 5) is 10.1. The third-order valence-electron chi connectivity index (χ3n) is 0.904. The first-order valence-corrected chi connectivity index (χ1v) is 4.01. The van der Waals surface area contributed by atoms with E-state index in [2.05, 4.69) is 15.9 Å². The van der Waals surface area contributed by atoms with Gasteiger partial charge in [-0.3, -0.25) is 4.79 Å². The van der Waals surface area contributed by atoms with Crippen LogP contribution in [0.4, 0.5) is 0 Å². The minimum atomic E-state index is -0.995. The molecule has 0 bridgehead atoms. The van der Waals surface area contributed by atoms with Crippen LogP contribution in [0.1, 0.15) is 6.42 Å². The highest BCUT2D eigenvalue weighted by atomic mass is 79.9. The largest absolute Gasteiger partial charge is 0.480 e. The maximum absolute atomic E-state index is 10.1. The van der Waals surface area contributed by atoms with Crippen molar-refractivity contribution < 1.29 is 9.90 Å². The Morgan fingerprint density at radius 3 is 2.80 bits per heavy atom. The van der Waals surface area contributed by atoms with Crippen molar-refractivity contribution in [3.8, 4) is 0 Å². The number of rotatable bonds is 4. The van der Waals surface area contributed by atoms with Crippen LogP contribution < -0.4 is 5.73 Å². The highest BCUT2D eigenvalue weighted by Crippen LogP contribution is 1.90. The lowest BCUT2D eigenvalue weighted by atomic mass is 10.3. The molecule has 0 spiro atoms. The van der Waals surface area contributed by atoms with Crippen molar-refractivity contribution in [3.63, 3.8) is 0 Å². The molecule has 0 saturated heterocycles. The normalized spacial score (nSPS) is 13.8. The molecular formula is C6H10BrNO2. The quantitative estimate of drug-likeness (QED) is 0.529. The first-order chi connectivity index (χ1) is 4.68. The molecule has 0 heterocycles. The first kappa shape index (κ1) is 9.65. The number of aliphatic carboxylic acids is 1. The third-order valence-corrected chi connectivity index (χ3v) is 1.36. The Labute approximate surface area is 68.0 Å². The molecule has 1 atom stereocenters. The molecule has 0 rings (SSSR count). The van der Waals surface area contributed by atoms with Crippen LogP contribution in [0.5, 0.6) is 0 Å². The van der Waals surface area contributed by atoms with Crippen LogP contribution in [-0.4, -0.2) is 22.4 Å². The van der Waals surface area contributed by atoms with Gasteiger partial charge < -0.3 is 10.8 Å². The van der Waals surface area contributed by atoms with Crippen LogP contribution in [0.15, 0.2) is 12.2 Å². The molecule has 0 amide bonds. The Morgan fingerprint density at radius 1 is 1.80 bits per heavy atom. The number of alkyl halides is 1. The van der Waals surface area contributed by atoms with Crippen LogP contribution in [0, 0.1) is 0 Å². The van der Waals surface area contributed by atoms with Gasteiger partial charge in [0.1, 0.15) is 6.04 Å². The fourth-order valence-corrected chi connectivity index (χ4v) is 0.652. The number of carboxylic acid groups (broad SMARTS) is 1. The predicted molar refractivity (Wildman–Crippen MR) is 43.2 cm³/mol. The second kappa shape index (κ2) is 5.44. The van der Waals surface area contributed by atoms with Crippen molar-refractivity contribution in [2.45, 2.75) is 12.5 Å². The second-order valence-corrected chi connectivity index (χ2v) is 2.56. The highest BCUT2D eigenvalue weighted by Gasteiger charge is 2.04. The third kappa shape index (κ3) is 4.52. The van der Waals surface area contributed by atoms with E-state index in [1.807, 2.05) is 0 Å². The maximum Gasteiger partial charge on any atom is 0.324 e. The van der Waals surface area contributed by atoms with Gasteiger partial charge in [0.05, 0.1) is 0 Å². The minimum Gasteiger partial charge on any atom is -0.480 e. The Morgan fingerprint density at radius 2 is 2.40 bits per heavy atom. The first-order valence-electron chi connectivity index (χ1n) is 2.89. The molecule has 4 heteroatoms. The summed E-state index contributed by atoms with van der Waals surface area (Å²) in [7, 11) is 0. The molecule has 3 N–H and O–H groups in total. The Kier molecular flexibility index (Phi) is 5.25. The van der Waals surface area contributed by atoms with Gasteiger partial charge in [-0.2, -0.15) is 0 Å². The summed E-state index contributed by atoms with van der Waals surface area (Å²) in [6, 6.07) is -0.862. The Hall–Kier alpha value is -0.350. The van der Waals surface area contributed by atoms with Gasteiger partial charge in [0.25, 0.3) is 0 Å². The van der Waals surface area contributed by atoms with Crippen molar-refractivity contribution in [2.75, 3.05) is 5.33 Å². The lowest BCUT2D eigenvalue weighted by Gasteiger charge is -1.95. The topological polar surface area (TPSA) is 63.3 Å². The molecule has 0 aliphatic rings. The van der Waals surface area contributed by atoms with E-state index in [4.69, 9.17) is 10.8 Å². The molecule has 0 fully saturated rings. The van der Waals surface area contributed by atoms with Crippen molar-refractivity contribution in [3.05, 3.63) is 12.2 Å². The van der Waals surface area contributed by atoms with Crippen LogP contribution in [0.3, 0.4) is 0 Å². The molecular weight excluding hydrogens is 198 g/mol. The monoisotopic (exact) mass is 207 g/mol. The van der Waals surface area contributed by atoms with E-state index in [1.54, 1.807) is 6.08 Å². The summed E-state index contributed by atoms with van der Waals surface area (Å²) < 4.78 is 0. The molecule has 0 aromatic heterocycles. The maximum atomic E-state index is 10.1. The number of halogens is 1. The molecule has 0 saturated carbocycles. The molecule has 1 unspecified atom stereocenters. The van der Waals surface area contributed by atoms with Gasteiger partial charge in [-0.25, -0.2) is 0 Å². The minimum absolute atomic E-state index is 0.807. The summed E-state index contributed by atoms with van der Waals surface area (Å²) in [5.74, 6) is -0.995. The zero-order chi connectivity index (χ0) is 7.98. The number of hydrogen-bond acceptors (Lipinski definition) is 2. The van der Waals surface area contributed by atoms with E-state index in [1.165, 1.54) is 6.08 Å². The number of nitrogens with two attached hydrogens (primary N) is 1. The molecule has 10 heavy (non-hydrogen) atoms. The van der Waals surface area contributed by atoms with Gasteiger partial charge >= 0.3 is 5.97 Å². The zero-order valence-corrected chi connectivity index (χ0v) is 7.04. The molecule has 0 aromatic rings. The van der Waals surface area contributed by atoms with Gasteiger partial charge in [-0.15, -0.1) is 0 Å². The molecule has 0 radical (unpaired) electrons. The molecule has 0 aliphatic heterocycles. The summed E-state index contributed by atoms with van der Waals surface area (Å²) in [5, 5.41) is 9.12. The zero-order valence-electron chi connectivity index (χ0n) is 5.46. The number of carbonyl (C=O) groups is 1. The second-order valence-electron chi connectivity index (χ2n) is 1.77. The van der Waals surface area contributed by atoms with E-state index in [-0.39, 0.29) is 0 Å². The number of allylic oxidation sites excluding steroid dienone is 1. The van der Waals surface area contributed by atoms with E-state index < -0.39 is 12.0 Å². The summed E-state index contributed by atoms with van der Waals surface area (Å²) in [6.45, 7) is 0.